The first kappa shape index (κ1) is 40.6. The highest BCUT2D eigenvalue weighted by Crippen LogP contribution is 2.66. The maximum atomic E-state index is 2.61. The predicted molar refractivity (Wildman–Crippen MR) is 309 cm³/mol. The minimum atomic E-state index is -0.599. The summed E-state index contributed by atoms with van der Waals surface area (Å²) in [5, 5.41) is 5.18. The van der Waals surface area contributed by atoms with Crippen molar-refractivity contribution in [3.63, 3.8) is 0 Å². The van der Waals surface area contributed by atoms with Crippen LogP contribution in [-0.4, -0.2) is 0 Å². The van der Waals surface area contributed by atoms with Crippen LogP contribution < -0.4 is 4.90 Å². The van der Waals surface area contributed by atoms with Gasteiger partial charge >= 0.3 is 0 Å². The quantitative estimate of drug-likeness (QED) is 0.161. The zero-order valence-electron chi connectivity index (χ0n) is 39.7. The Morgan fingerprint density at radius 2 is 0.849 bits per heavy atom. The molecule has 1 nitrogen and oxygen atoms in total. The number of anilines is 3. The summed E-state index contributed by atoms with van der Waals surface area (Å²) in [6.45, 7) is 0. The van der Waals surface area contributed by atoms with Gasteiger partial charge in [0.25, 0.3) is 0 Å². The average Bonchev–Trinajstić information content (AvgIpc) is 4.18. The Morgan fingerprint density at radius 1 is 0.288 bits per heavy atom. The minimum absolute atomic E-state index is 0.599. The van der Waals surface area contributed by atoms with Crippen LogP contribution in [0.25, 0.3) is 109 Å². The lowest BCUT2D eigenvalue weighted by Gasteiger charge is -2.36. The normalized spacial score (nSPS) is 13.0. The number of rotatable bonds is 6. The maximum Gasteiger partial charge on any atom is 0.0746 e. The van der Waals surface area contributed by atoms with E-state index in [4.69, 9.17) is 0 Å². The van der Waals surface area contributed by atoms with Gasteiger partial charge in [0.15, 0.2) is 0 Å². The summed E-state index contributed by atoms with van der Waals surface area (Å²) < 4.78 is 2.54. The van der Waals surface area contributed by atoms with E-state index in [2.05, 4.69) is 266 Å². The number of nitrogens with zero attached hydrogens (tertiary/aromatic N) is 1. The van der Waals surface area contributed by atoms with E-state index in [1.807, 2.05) is 11.3 Å². The van der Waals surface area contributed by atoms with E-state index in [9.17, 15) is 0 Å². The summed E-state index contributed by atoms with van der Waals surface area (Å²) in [6, 6.07) is 98.2. The molecular formula is C71H43NS. The van der Waals surface area contributed by atoms with Crippen LogP contribution in [0, 0.1) is 0 Å². The first-order valence-corrected chi connectivity index (χ1v) is 26.1. The molecule has 1 heterocycles. The van der Waals surface area contributed by atoms with Gasteiger partial charge in [-0.3, -0.25) is 0 Å². The SMILES string of the molecule is c1ccc(-c2ccc3c(c2)-c2cccc(N(c4ccc5c(c4)-c4cccc6cccc-5c46)c4cc(-c5ccccc5)c5c(c4)sc4ccc(-c6ccccc6)cc45)c2C32c3ccccc3-c3ccccc32)cc1. The van der Waals surface area contributed by atoms with Crippen molar-refractivity contribution in [1.29, 1.82) is 0 Å². The third kappa shape index (κ3) is 5.73. The fraction of sp³-hybridized carbons (Fsp3) is 0.0141. The van der Waals surface area contributed by atoms with Crippen LogP contribution in [0.1, 0.15) is 22.3 Å². The second kappa shape index (κ2) is 15.5. The maximum absolute atomic E-state index is 2.61. The molecule has 0 atom stereocenters. The predicted octanol–water partition coefficient (Wildman–Crippen LogP) is 19.7. The lowest BCUT2D eigenvalue weighted by molar-refractivity contribution is 0.793. The molecule has 0 fully saturated rings. The van der Waals surface area contributed by atoms with Gasteiger partial charge in [-0.1, -0.05) is 212 Å². The van der Waals surface area contributed by atoms with Crippen LogP contribution in [0.3, 0.4) is 0 Å². The largest absolute Gasteiger partial charge is 0.310 e. The van der Waals surface area contributed by atoms with Gasteiger partial charge in [-0.25, -0.2) is 0 Å². The summed E-state index contributed by atoms with van der Waals surface area (Å²) in [4.78, 5) is 2.61. The Bertz CT molecular complexity index is 4380. The number of hydrogen-bond acceptors (Lipinski definition) is 2. The Balaban J connectivity index is 1.02. The van der Waals surface area contributed by atoms with E-state index in [1.165, 1.54) is 137 Å². The fourth-order valence-electron chi connectivity index (χ4n) is 13.2. The highest BCUT2D eigenvalue weighted by Gasteiger charge is 2.53. The van der Waals surface area contributed by atoms with E-state index in [0.717, 1.165) is 11.4 Å². The van der Waals surface area contributed by atoms with Gasteiger partial charge in [-0.2, -0.15) is 0 Å². The first-order chi connectivity index (χ1) is 36.2. The molecule has 0 bridgehead atoms. The number of fused-ring (bicyclic) bond motifs is 16. The van der Waals surface area contributed by atoms with Gasteiger partial charge < -0.3 is 4.90 Å². The van der Waals surface area contributed by atoms with E-state index < -0.39 is 5.41 Å². The van der Waals surface area contributed by atoms with Crippen molar-refractivity contribution in [2.45, 2.75) is 5.41 Å². The number of hydrogen-bond donors (Lipinski definition) is 0. The summed E-state index contributed by atoms with van der Waals surface area (Å²) in [5.41, 5.74) is 25.7. The topological polar surface area (TPSA) is 3.24 Å². The molecule has 1 spiro atoms. The van der Waals surface area contributed by atoms with Gasteiger partial charge in [-0.15, -0.1) is 11.3 Å². The summed E-state index contributed by atoms with van der Waals surface area (Å²) in [7, 11) is 0. The van der Waals surface area contributed by atoms with E-state index in [0.29, 0.717) is 0 Å². The Morgan fingerprint density at radius 3 is 1.56 bits per heavy atom. The third-order valence-corrected chi connectivity index (χ3v) is 17.3. The van der Waals surface area contributed by atoms with Crippen LogP contribution in [0.5, 0.6) is 0 Å². The van der Waals surface area contributed by atoms with Gasteiger partial charge in [0.1, 0.15) is 0 Å². The fourth-order valence-corrected chi connectivity index (χ4v) is 14.3. The molecule has 12 aromatic carbocycles. The van der Waals surface area contributed by atoms with Crippen LogP contribution in [0.2, 0.25) is 0 Å². The molecule has 3 aliphatic carbocycles. The van der Waals surface area contributed by atoms with Gasteiger partial charge in [0, 0.05) is 37.1 Å². The van der Waals surface area contributed by atoms with Crippen LogP contribution in [0.15, 0.2) is 261 Å². The van der Waals surface area contributed by atoms with E-state index >= 15 is 0 Å². The van der Waals surface area contributed by atoms with Crippen molar-refractivity contribution < 1.29 is 0 Å². The molecule has 338 valence electrons. The lowest BCUT2D eigenvalue weighted by atomic mass is 9.69. The molecule has 73 heavy (non-hydrogen) atoms. The molecule has 1 aromatic heterocycles. The zero-order valence-corrected chi connectivity index (χ0v) is 40.5. The highest BCUT2D eigenvalue weighted by molar-refractivity contribution is 7.26. The summed E-state index contributed by atoms with van der Waals surface area (Å²) >= 11 is 1.89. The molecule has 0 unspecified atom stereocenters. The standard InChI is InChI=1S/C71H43NS/c1-4-17-44(18-5-1)48-33-37-64-60(39-48)57-29-16-32-65(70(57)71(64)62-30-12-10-25-53(62)54-26-11-13-31-63(54)71)72(50-35-36-52-55-27-14-23-47-24-15-28-56(68(47)55)59(52)41-50)51-42-58(46-21-8-3-9-22-46)69-61-40-49(45-19-6-2-7-20-45)34-38-66(61)73-67(69)43-51/h1-43H. The Labute approximate surface area is 428 Å². The van der Waals surface area contributed by atoms with Gasteiger partial charge in [-0.05, 0) is 154 Å². The molecule has 0 N–H and O–H groups in total. The van der Waals surface area contributed by atoms with Crippen molar-refractivity contribution >= 4 is 59.3 Å². The summed E-state index contributed by atoms with van der Waals surface area (Å²) in [6.07, 6.45) is 0. The molecule has 0 aliphatic heterocycles. The van der Waals surface area contributed by atoms with Crippen LogP contribution >= 0.6 is 11.3 Å². The minimum Gasteiger partial charge on any atom is -0.310 e. The highest BCUT2D eigenvalue weighted by atomic mass is 32.1. The number of benzene rings is 12. The molecule has 16 rings (SSSR count). The molecule has 2 heteroatoms. The summed E-state index contributed by atoms with van der Waals surface area (Å²) in [5.74, 6) is 0. The first-order valence-electron chi connectivity index (χ1n) is 25.3. The smallest absolute Gasteiger partial charge is 0.0746 e. The Kier molecular flexibility index (Phi) is 8.60. The van der Waals surface area contributed by atoms with E-state index in [1.54, 1.807) is 0 Å². The molecule has 3 aliphatic rings. The van der Waals surface area contributed by atoms with Gasteiger partial charge in [0.2, 0.25) is 0 Å². The van der Waals surface area contributed by atoms with Crippen molar-refractivity contribution in [2.24, 2.45) is 0 Å². The average molecular weight is 942 g/mol. The Hall–Kier alpha value is -9.08. The molecule has 0 saturated carbocycles. The second-order valence-corrected chi connectivity index (χ2v) is 20.9. The second-order valence-electron chi connectivity index (χ2n) is 19.9. The number of thiophene rings is 1. The zero-order chi connectivity index (χ0) is 47.8. The monoisotopic (exact) mass is 941 g/mol. The molecule has 13 aromatic rings. The molecule has 0 radical (unpaired) electrons. The van der Waals surface area contributed by atoms with Crippen LogP contribution in [-0.2, 0) is 5.41 Å². The van der Waals surface area contributed by atoms with Crippen molar-refractivity contribution in [1.82, 2.24) is 0 Å². The van der Waals surface area contributed by atoms with Crippen molar-refractivity contribution in [3.8, 4) is 77.9 Å². The molecule has 0 saturated heterocycles. The molecule has 0 amide bonds. The lowest BCUT2D eigenvalue weighted by Crippen LogP contribution is -2.28. The van der Waals surface area contributed by atoms with E-state index in [-0.39, 0.29) is 0 Å². The third-order valence-electron chi connectivity index (χ3n) is 16.2. The van der Waals surface area contributed by atoms with Gasteiger partial charge in [0.05, 0.1) is 11.1 Å². The van der Waals surface area contributed by atoms with Crippen molar-refractivity contribution in [2.75, 3.05) is 4.90 Å². The molecular weight excluding hydrogens is 899 g/mol. The van der Waals surface area contributed by atoms with Crippen LogP contribution in [0.4, 0.5) is 17.1 Å². The van der Waals surface area contributed by atoms with Crippen molar-refractivity contribution in [3.05, 3.63) is 283 Å².